The number of carbonyl (C=O) groups excluding carboxylic acids is 2. The van der Waals surface area contributed by atoms with Crippen molar-refractivity contribution < 1.29 is 19.6 Å². The fraction of sp³-hybridized carbons (Fsp3) is 0.600. The van der Waals surface area contributed by atoms with E-state index in [1.165, 1.54) is 4.90 Å². The molecule has 0 spiro atoms. The lowest BCUT2D eigenvalue weighted by atomic mass is 10.3. The van der Waals surface area contributed by atoms with Gasteiger partial charge in [-0.2, -0.15) is 0 Å². The second kappa shape index (κ2) is 5.50. The molecule has 0 aromatic carbocycles. The highest BCUT2D eigenvalue weighted by molar-refractivity contribution is 5.93. The van der Waals surface area contributed by atoms with Crippen molar-refractivity contribution in [1.29, 1.82) is 0 Å². The summed E-state index contributed by atoms with van der Waals surface area (Å²) in [6, 6.07) is 0. The standard InChI is InChI=1S/C10H16N2O3/c1-2-11-5-7-12(8-6-11)9(13)3-4-10(14)15/h3-4H,2,5-8H2,1H3,(H,14,15)/b4-3+. The van der Waals surface area contributed by atoms with Crippen LogP contribution >= 0.6 is 0 Å². The number of amides is 1. The van der Waals surface area contributed by atoms with Crippen LogP contribution in [-0.2, 0) is 9.59 Å². The first-order valence-corrected chi connectivity index (χ1v) is 5.15. The van der Waals surface area contributed by atoms with Crippen LogP contribution in [-0.4, -0.2) is 49.5 Å². The molecule has 0 atom stereocenters. The third kappa shape index (κ3) is 3.71. The van der Waals surface area contributed by atoms with E-state index < -0.39 is 5.97 Å². The van der Waals surface area contributed by atoms with Gasteiger partial charge >= 0.3 is 0 Å². The van der Waals surface area contributed by atoms with Gasteiger partial charge in [-0.25, -0.2) is 0 Å². The third-order valence-electron chi connectivity index (χ3n) is 2.64. The molecule has 1 fully saturated rings. The van der Waals surface area contributed by atoms with Crippen molar-refractivity contribution in [2.75, 3.05) is 32.7 Å². The molecule has 0 saturated carbocycles. The fourth-order valence-corrected chi connectivity index (χ4v) is 1.64. The zero-order chi connectivity index (χ0) is 11.3. The molecule has 5 heteroatoms. The van der Waals surface area contributed by atoms with Crippen molar-refractivity contribution >= 4 is 11.9 Å². The molecule has 84 valence electrons. The van der Waals surface area contributed by atoms with Crippen LogP contribution in [0.3, 0.4) is 0 Å². The largest absolute Gasteiger partial charge is 0.545 e. The van der Waals surface area contributed by atoms with Crippen LogP contribution in [0.15, 0.2) is 12.2 Å². The van der Waals surface area contributed by atoms with Crippen LogP contribution in [0.5, 0.6) is 0 Å². The van der Waals surface area contributed by atoms with Crippen LogP contribution in [0.4, 0.5) is 0 Å². The zero-order valence-corrected chi connectivity index (χ0v) is 8.86. The van der Waals surface area contributed by atoms with Crippen LogP contribution in [0, 0.1) is 0 Å². The van der Waals surface area contributed by atoms with E-state index in [-0.39, 0.29) is 5.91 Å². The number of hydrogen-bond donors (Lipinski definition) is 1. The Labute approximate surface area is 89.0 Å². The molecule has 0 bridgehead atoms. The lowest BCUT2D eigenvalue weighted by Gasteiger charge is -2.30. The number of nitrogens with one attached hydrogen (secondary N) is 1. The van der Waals surface area contributed by atoms with Crippen molar-refractivity contribution in [2.24, 2.45) is 0 Å². The van der Waals surface area contributed by atoms with Crippen LogP contribution in [0.1, 0.15) is 6.92 Å². The van der Waals surface area contributed by atoms with Gasteiger partial charge in [-0.15, -0.1) is 0 Å². The van der Waals surface area contributed by atoms with E-state index in [1.54, 1.807) is 4.90 Å². The highest BCUT2D eigenvalue weighted by Crippen LogP contribution is 1.92. The van der Waals surface area contributed by atoms with E-state index in [4.69, 9.17) is 0 Å². The maximum absolute atomic E-state index is 11.4. The van der Waals surface area contributed by atoms with Gasteiger partial charge in [0.1, 0.15) is 0 Å². The number of nitrogens with zero attached hydrogens (tertiary/aromatic N) is 1. The quantitative estimate of drug-likeness (QED) is 0.508. The van der Waals surface area contributed by atoms with Gasteiger partial charge in [-0.1, -0.05) is 0 Å². The number of carboxylic acid groups (broad SMARTS) is 1. The first-order valence-electron chi connectivity index (χ1n) is 5.15. The molecule has 0 aromatic heterocycles. The molecular weight excluding hydrogens is 196 g/mol. The lowest BCUT2D eigenvalue weighted by molar-refractivity contribution is -0.902. The number of likely N-dealkylation sites (N-methyl/N-ethyl adjacent to an activating group) is 1. The first kappa shape index (κ1) is 11.7. The predicted octanol–water partition coefficient (Wildman–Crippen LogP) is -2.96. The van der Waals surface area contributed by atoms with Crippen molar-refractivity contribution in [3.8, 4) is 0 Å². The average molecular weight is 212 g/mol. The molecule has 0 radical (unpaired) electrons. The summed E-state index contributed by atoms with van der Waals surface area (Å²) in [5, 5.41) is 10.1. The molecule has 1 heterocycles. The van der Waals surface area contributed by atoms with Crippen molar-refractivity contribution in [1.82, 2.24) is 4.90 Å². The summed E-state index contributed by atoms with van der Waals surface area (Å²) in [6.07, 6.45) is 1.84. The summed E-state index contributed by atoms with van der Waals surface area (Å²) in [5.41, 5.74) is 0. The van der Waals surface area contributed by atoms with E-state index in [1.807, 2.05) is 0 Å². The highest BCUT2D eigenvalue weighted by atomic mass is 16.4. The minimum absolute atomic E-state index is 0.241. The Kier molecular flexibility index (Phi) is 4.30. The smallest absolute Gasteiger partial charge is 0.247 e. The van der Waals surface area contributed by atoms with Crippen molar-refractivity contribution in [3.05, 3.63) is 12.2 Å². The van der Waals surface area contributed by atoms with Gasteiger partial charge < -0.3 is 19.7 Å². The molecule has 1 N–H and O–H groups in total. The normalized spacial score (nSPS) is 18.3. The summed E-state index contributed by atoms with van der Waals surface area (Å²) < 4.78 is 0. The number of carbonyl (C=O) groups is 2. The Balaban J connectivity index is 2.39. The van der Waals surface area contributed by atoms with E-state index in [0.29, 0.717) is 13.1 Å². The number of aliphatic carboxylic acids is 1. The third-order valence-corrected chi connectivity index (χ3v) is 2.64. The fourth-order valence-electron chi connectivity index (χ4n) is 1.64. The maximum Gasteiger partial charge on any atom is 0.247 e. The van der Waals surface area contributed by atoms with E-state index >= 15 is 0 Å². The Morgan fingerprint density at radius 2 is 1.93 bits per heavy atom. The van der Waals surface area contributed by atoms with Crippen molar-refractivity contribution in [3.63, 3.8) is 0 Å². The Bertz CT molecular complexity index is 268. The van der Waals surface area contributed by atoms with Gasteiger partial charge in [0.15, 0.2) is 0 Å². The number of piperazine rings is 1. The molecule has 15 heavy (non-hydrogen) atoms. The molecule has 1 rings (SSSR count). The van der Waals surface area contributed by atoms with Gasteiger partial charge in [0, 0.05) is 6.08 Å². The zero-order valence-electron chi connectivity index (χ0n) is 8.86. The van der Waals surface area contributed by atoms with Crippen LogP contribution in [0.2, 0.25) is 0 Å². The molecule has 5 nitrogen and oxygen atoms in total. The Hall–Kier alpha value is -1.36. The SMILES string of the molecule is CC[NH+]1CCN(C(=O)/C=C/C(=O)[O-])CC1. The molecule has 1 aliphatic heterocycles. The molecule has 1 aliphatic rings. The number of hydrogen-bond acceptors (Lipinski definition) is 3. The summed E-state index contributed by atoms with van der Waals surface area (Å²) >= 11 is 0. The summed E-state index contributed by atoms with van der Waals surface area (Å²) in [6.45, 7) is 6.43. The summed E-state index contributed by atoms with van der Waals surface area (Å²) in [5.74, 6) is -1.57. The topological polar surface area (TPSA) is 64.9 Å². The second-order valence-electron chi connectivity index (χ2n) is 3.58. The number of carboxylic acids is 1. The second-order valence-corrected chi connectivity index (χ2v) is 3.58. The molecule has 1 amide bonds. The minimum atomic E-state index is -1.33. The minimum Gasteiger partial charge on any atom is -0.545 e. The molecule has 0 aromatic rings. The molecule has 0 aliphatic carbocycles. The molecule has 1 saturated heterocycles. The maximum atomic E-state index is 11.4. The van der Waals surface area contributed by atoms with Crippen LogP contribution < -0.4 is 10.0 Å². The Morgan fingerprint density at radius 1 is 1.33 bits per heavy atom. The number of rotatable bonds is 3. The van der Waals surface area contributed by atoms with E-state index in [0.717, 1.165) is 31.8 Å². The molecule has 0 unspecified atom stereocenters. The van der Waals surface area contributed by atoms with Crippen molar-refractivity contribution in [2.45, 2.75) is 6.92 Å². The van der Waals surface area contributed by atoms with Gasteiger partial charge in [0.25, 0.3) is 0 Å². The average Bonchev–Trinajstić information content (AvgIpc) is 2.26. The predicted molar refractivity (Wildman–Crippen MR) is 52.0 cm³/mol. The van der Waals surface area contributed by atoms with Gasteiger partial charge in [0.2, 0.25) is 5.91 Å². The van der Waals surface area contributed by atoms with Gasteiger partial charge in [-0.3, -0.25) is 4.79 Å². The van der Waals surface area contributed by atoms with Gasteiger partial charge in [-0.05, 0) is 13.0 Å². The first-order chi connectivity index (χ1) is 7.13. The summed E-state index contributed by atoms with van der Waals surface area (Å²) in [4.78, 5) is 24.7. The van der Waals surface area contributed by atoms with Gasteiger partial charge in [0.05, 0.1) is 38.7 Å². The Morgan fingerprint density at radius 3 is 2.40 bits per heavy atom. The van der Waals surface area contributed by atoms with Crippen LogP contribution in [0.25, 0.3) is 0 Å². The monoisotopic (exact) mass is 212 g/mol. The summed E-state index contributed by atoms with van der Waals surface area (Å²) in [7, 11) is 0. The highest BCUT2D eigenvalue weighted by Gasteiger charge is 2.20. The lowest BCUT2D eigenvalue weighted by Crippen LogP contribution is -3.14. The number of quaternary nitrogens is 1. The van der Waals surface area contributed by atoms with E-state index in [9.17, 15) is 14.7 Å². The van der Waals surface area contributed by atoms with E-state index in [2.05, 4.69) is 6.92 Å². The molecular formula is C10H16N2O3.